The number of hydrogen-bond acceptors (Lipinski definition) is 10. The summed E-state index contributed by atoms with van der Waals surface area (Å²) in [4.78, 5) is 30.9. The molecular weight excluding hydrogens is 476 g/mol. The summed E-state index contributed by atoms with van der Waals surface area (Å²) in [5, 5.41) is 4.42. The highest BCUT2D eigenvalue weighted by molar-refractivity contribution is 5.95. The maximum absolute atomic E-state index is 12.7. The maximum Gasteiger partial charge on any atom is 0.319 e. The molecule has 5 rings (SSSR count). The molecule has 1 aliphatic heterocycles. The molecule has 0 unspecified atom stereocenters. The first kappa shape index (κ1) is 24.5. The first-order chi connectivity index (χ1) is 18.1. The van der Waals surface area contributed by atoms with Gasteiger partial charge in [-0.1, -0.05) is 0 Å². The molecule has 1 aliphatic rings. The molecule has 0 atom stereocenters. The summed E-state index contributed by atoms with van der Waals surface area (Å²) in [7, 11) is 3.00. The monoisotopic (exact) mass is 504 g/mol. The zero-order valence-electron chi connectivity index (χ0n) is 20.7. The van der Waals surface area contributed by atoms with Gasteiger partial charge >= 0.3 is 6.01 Å². The normalized spacial score (nSPS) is 13.9. The summed E-state index contributed by atoms with van der Waals surface area (Å²) in [5.41, 5.74) is 1.62. The molecule has 0 saturated carbocycles. The van der Waals surface area contributed by atoms with Crippen LogP contribution < -0.4 is 25.1 Å². The minimum Gasteiger partial charge on any atom is -0.492 e. The van der Waals surface area contributed by atoms with Crippen LogP contribution in [0.25, 0.3) is 22.0 Å². The average molecular weight is 505 g/mol. The van der Waals surface area contributed by atoms with Crippen molar-refractivity contribution < 1.29 is 18.9 Å². The molecule has 1 fully saturated rings. The van der Waals surface area contributed by atoms with Crippen LogP contribution in [0.15, 0.2) is 53.6 Å². The Morgan fingerprint density at radius 2 is 1.89 bits per heavy atom. The maximum atomic E-state index is 12.7. The van der Waals surface area contributed by atoms with Crippen molar-refractivity contribution in [3.8, 4) is 28.9 Å². The molecular formula is C26H28N6O5. The van der Waals surface area contributed by atoms with E-state index in [0.29, 0.717) is 40.3 Å². The van der Waals surface area contributed by atoms with Crippen LogP contribution in [0.1, 0.15) is 0 Å². The molecule has 0 bridgehead atoms. The smallest absolute Gasteiger partial charge is 0.319 e. The van der Waals surface area contributed by atoms with Gasteiger partial charge in [0, 0.05) is 37.7 Å². The number of ether oxygens (including phenoxy) is 4. The van der Waals surface area contributed by atoms with Crippen LogP contribution in [0.5, 0.6) is 17.6 Å². The number of methoxy groups -OCH3 is 2. The number of nitrogens with zero attached hydrogens (tertiary/aromatic N) is 4. The molecule has 3 aromatic heterocycles. The number of pyridine rings is 2. The van der Waals surface area contributed by atoms with Crippen molar-refractivity contribution in [3.63, 3.8) is 0 Å². The fourth-order valence-electron chi connectivity index (χ4n) is 4.11. The second kappa shape index (κ2) is 11.2. The lowest BCUT2D eigenvalue weighted by Gasteiger charge is -2.26. The van der Waals surface area contributed by atoms with Gasteiger partial charge in [-0.15, -0.1) is 0 Å². The Labute approximate surface area is 213 Å². The van der Waals surface area contributed by atoms with Crippen molar-refractivity contribution in [2.45, 2.75) is 0 Å². The Morgan fingerprint density at radius 3 is 2.65 bits per heavy atom. The molecule has 0 spiro atoms. The van der Waals surface area contributed by atoms with E-state index in [1.54, 1.807) is 18.5 Å². The van der Waals surface area contributed by atoms with Crippen molar-refractivity contribution in [2.24, 2.45) is 0 Å². The number of H-pyrrole nitrogens is 1. The molecule has 11 heteroatoms. The third kappa shape index (κ3) is 5.63. The van der Waals surface area contributed by atoms with Gasteiger partial charge in [-0.05, 0) is 41.8 Å². The first-order valence-electron chi connectivity index (χ1n) is 11.9. The third-order valence-electron chi connectivity index (χ3n) is 6.03. The van der Waals surface area contributed by atoms with E-state index < -0.39 is 0 Å². The number of anilines is 2. The molecule has 1 saturated heterocycles. The van der Waals surface area contributed by atoms with Gasteiger partial charge in [-0.25, -0.2) is 9.97 Å². The van der Waals surface area contributed by atoms with Gasteiger partial charge < -0.3 is 29.2 Å². The molecule has 4 aromatic rings. The van der Waals surface area contributed by atoms with E-state index in [1.165, 1.54) is 14.2 Å². The Bertz CT molecular complexity index is 1420. The number of aromatic nitrogens is 4. The zero-order chi connectivity index (χ0) is 25.6. The zero-order valence-corrected chi connectivity index (χ0v) is 20.7. The van der Waals surface area contributed by atoms with E-state index >= 15 is 0 Å². The minimum absolute atomic E-state index is 0.184. The summed E-state index contributed by atoms with van der Waals surface area (Å²) >= 11 is 0. The summed E-state index contributed by atoms with van der Waals surface area (Å²) in [5.74, 6) is 1.48. The molecule has 192 valence electrons. The van der Waals surface area contributed by atoms with E-state index in [1.807, 2.05) is 30.3 Å². The van der Waals surface area contributed by atoms with Gasteiger partial charge in [0.05, 0.1) is 44.1 Å². The fourth-order valence-corrected chi connectivity index (χ4v) is 4.11. The summed E-state index contributed by atoms with van der Waals surface area (Å²) in [6, 6.07) is 11.3. The van der Waals surface area contributed by atoms with Gasteiger partial charge in [0.2, 0.25) is 5.88 Å². The van der Waals surface area contributed by atoms with E-state index in [-0.39, 0.29) is 11.6 Å². The van der Waals surface area contributed by atoms with E-state index in [4.69, 9.17) is 23.9 Å². The van der Waals surface area contributed by atoms with Gasteiger partial charge in [0.25, 0.3) is 5.56 Å². The summed E-state index contributed by atoms with van der Waals surface area (Å²) in [6.07, 6.45) is 3.18. The van der Waals surface area contributed by atoms with Gasteiger partial charge in [-0.2, -0.15) is 4.98 Å². The van der Waals surface area contributed by atoms with Crippen molar-refractivity contribution in [2.75, 3.05) is 59.0 Å². The number of benzene rings is 1. The Balaban J connectivity index is 1.39. The van der Waals surface area contributed by atoms with Crippen LogP contribution in [0.3, 0.4) is 0 Å². The lowest BCUT2D eigenvalue weighted by atomic mass is 10.1. The van der Waals surface area contributed by atoms with Crippen LogP contribution >= 0.6 is 0 Å². The van der Waals surface area contributed by atoms with Crippen molar-refractivity contribution >= 4 is 22.3 Å². The summed E-state index contributed by atoms with van der Waals surface area (Å²) < 4.78 is 21.8. The predicted octanol–water partition coefficient (Wildman–Crippen LogP) is 2.85. The highest BCUT2D eigenvalue weighted by Crippen LogP contribution is 2.32. The Kier molecular flexibility index (Phi) is 7.43. The van der Waals surface area contributed by atoms with Crippen molar-refractivity contribution in [1.29, 1.82) is 0 Å². The number of aromatic amines is 1. The largest absolute Gasteiger partial charge is 0.492 e. The first-order valence-corrected chi connectivity index (χ1v) is 11.9. The number of fused-ring (bicyclic) bond motifs is 1. The van der Waals surface area contributed by atoms with E-state index in [0.717, 1.165) is 44.3 Å². The van der Waals surface area contributed by atoms with Gasteiger partial charge in [0.1, 0.15) is 18.2 Å². The molecule has 0 aliphatic carbocycles. The molecule has 4 heterocycles. The van der Waals surface area contributed by atoms with Crippen molar-refractivity contribution in [1.82, 2.24) is 24.8 Å². The fraction of sp³-hybridized carbons (Fsp3) is 0.308. The topological polar surface area (TPSA) is 124 Å². The number of hydrogen-bond donors (Lipinski definition) is 2. The lowest BCUT2D eigenvalue weighted by Crippen LogP contribution is -2.38. The van der Waals surface area contributed by atoms with E-state index in [9.17, 15) is 4.79 Å². The molecule has 37 heavy (non-hydrogen) atoms. The highest BCUT2D eigenvalue weighted by atomic mass is 16.5. The van der Waals surface area contributed by atoms with Crippen LogP contribution in [-0.2, 0) is 4.74 Å². The number of nitrogens with one attached hydrogen (secondary N) is 2. The molecule has 11 nitrogen and oxygen atoms in total. The van der Waals surface area contributed by atoms with Gasteiger partial charge in [0.15, 0.2) is 0 Å². The molecule has 0 amide bonds. The summed E-state index contributed by atoms with van der Waals surface area (Å²) in [6.45, 7) is 4.85. The van der Waals surface area contributed by atoms with Crippen LogP contribution in [0.2, 0.25) is 0 Å². The van der Waals surface area contributed by atoms with Crippen LogP contribution in [-0.4, -0.2) is 78.5 Å². The third-order valence-corrected chi connectivity index (χ3v) is 6.03. The lowest BCUT2D eigenvalue weighted by molar-refractivity contribution is 0.0322. The standard InChI is InChI=1S/C26H28N6O5/c1-34-25-20(16-28-26(31-25)35-2)21-15-17-7-8-27-24(33)22(17)23(30-21)29-18-3-5-19(6-4-18)37-14-11-32-9-12-36-13-10-32/h3-8,15-16H,9-14H2,1-2H3,(H,27,33)(H,29,30). The van der Waals surface area contributed by atoms with E-state index in [2.05, 4.69) is 25.2 Å². The number of rotatable bonds is 9. The Morgan fingerprint density at radius 1 is 1.08 bits per heavy atom. The van der Waals surface area contributed by atoms with Crippen LogP contribution in [0, 0.1) is 0 Å². The second-order valence-corrected chi connectivity index (χ2v) is 8.36. The molecule has 0 radical (unpaired) electrons. The number of morpholine rings is 1. The van der Waals surface area contributed by atoms with Crippen LogP contribution in [0.4, 0.5) is 11.5 Å². The molecule has 1 aromatic carbocycles. The highest BCUT2D eigenvalue weighted by Gasteiger charge is 2.16. The Hall–Kier alpha value is -4.22. The SMILES string of the molecule is COc1ncc(-c2cc3cc[nH]c(=O)c3c(Nc3ccc(OCCN4CCOCC4)cc3)n2)c(OC)n1. The van der Waals surface area contributed by atoms with Gasteiger partial charge in [-0.3, -0.25) is 9.69 Å². The predicted molar refractivity (Wildman–Crippen MR) is 139 cm³/mol. The minimum atomic E-state index is -0.250. The quantitative estimate of drug-likeness (QED) is 0.352. The van der Waals surface area contributed by atoms with Crippen molar-refractivity contribution in [3.05, 3.63) is 59.1 Å². The average Bonchev–Trinajstić information content (AvgIpc) is 2.94. The second-order valence-electron chi connectivity index (χ2n) is 8.36. The molecule has 2 N–H and O–H groups in total.